The Bertz CT molecular complexity index is 391. The molecule has 1 rings (SSSR count). The topological polar surface area (TPSA) is 52.4 Å². The first-order valence-electron chi connectivity index (χ1n) is 5.65. The van der Waals surface area contributed by atoms with Gasteiger partial charge in [-0.3, -0.25) is 10.1 Å². The maximum absolute atomic E-state index is 13.0. The predicted octanol–water partition coefficient (Wildman–Crippen LogP) is 3.55. The Labute approximate surface area is 99.6 Å². The highest BCUT2D eigenvalue weighted by Crippen LogP contribution is 2.28. The Kier molecular flexibility index (Phi) is 4.87. The van der Waals surface area contributed by atoms with E-state index in [1.54, 1.807) is 0 Å². The summed E-state index contributed by atoms with van der Waals surface area (Å²) < 4.78 is 18.3. The summed E-state index contributed by atoms with van der Waals surface area (Å²) in [4.78, 5) is 10.2. The Hall–Kier alpha value is -1.65. The fourth-order valence-corrected chi connectivity index (χ4v) is 1.49. The van der Waals surface area contributed by atoms with Gasteiger partial charge < -0.3 is 4.74 Å². The average Bonchev–Trinajstić information content (AvgIpc) is 2.30. The minimum atomic E-state index is -0.568. The lowest BCUT2D eigenvalue weighted by atomic mass is 10.1. The second-order valence-electron chi connectivity index (χ2n) is 3.86. The SMILES string of the molecule is CCC(CC)COc1cc(F)ccc1[N+](=O)[O-]. The lowest BCUT2D eigenvalue weighted by Crippen LogP contribution is -2.11. The third kappa shape index (κ3) is 3.69. The minimum absolute atomic E-state index is 0.00176. The molecule has 5 heteroatoms. The molecular weight excluding hydrogens is 225 g/mol. The highest BCUT2D eigenvalue weighted by molar-refractivity contribution is 5.46. The molecule has 0 bridgehead atoms. The van der Waals surface area contributed by atoms with E-state index in [-0.39, 0.29) is 11.4 Å². The molecule has 0 atom stereocenters. The van der Waals surface area contributed by atoms with E-state index in [9.17, 15) is 14.5 Å². The number of benzene rings is 1. The second-order valence-corrected chi connectivity index (χ2v) is 3.86. The molecule has 4 nitrogen and oxygen atoms in total. The molecular formula is C12H16FNO3. The van der Waals surface area contributed by atoms with E-state index in [0.29, 0.717) is 12.5 Å². The van der Waals surface area contributed by atoms with E-state index in [4.69, 9.17) is 4.74 Å². The molecule has 0 aliphatic rings. The number of hydrogen-bond acceptors (Lipinski definition) is 3. The molecule has 0 heterocycles. The van der Waals surface area contributed by atoms with Gasteiger partial charge >= 0.3 is 5.69 Å². The van der Waals surface area contributed by atoms with E-state index in [0.717, 1.165) is 31.0 Å². The summed E-state index contributed by atoms with van der Waals surface area (Å²) in [6.45, 7) is 4.42. The van der Waals surface area contributed by atoms with Crippen molar-refractivity contribution in [2.45, 2.75) is 26.7 Å². The van der Waals surface area contributed by atoms with E-state index in [2.05, 4.69) is 0 Å². The summed E-state index contributed by atoms with van der Waals surface area (Å²) in [6.07, 6.45) is 1.86. The van der Waals surface area contributed by atoms with Gasteiger partial charge in [0.15, 0.2) is 5.75 Å². The van der Waals surface area contributed by atoms with Crippen LogP contribution < -0.4 is 4.74 Å². The standard InChI is InChI=1S/C12H16FNO3/c1-3-9(4-2)8-17-12-7-10(13)5-6-11(12)14(15)16/h5-7,9H,3-4,8H2,1-2H3. The molecule has 0 radical (unpaired) electrons. The first kappa shape index (κ1) is 13.4. The number of ether oxygens (including phenoxy) is 1. The molecule has 0 spiro atoms. The highest BCUT2D eigenvalue weighted by Gasteiger charge is 2.16. The molecule has 0 aliphatic heterocycles. The molecule has 1 aromatic rings. The van der Waals surface area contributed by atoms with Gasteiger partial charge in [0.25, 0.3) is 0 Å². The maximum Gasteiger partial charge on any atom is 0.311 e. The van der Waals surface area contributed by atoms with Crippen molar-refractivity contribution in [2.75, 3.05) is 6.61 Å². The van der Waals surface area contributed by atoms with Crippen molar-refractivity contribution >= 4 is 5.69 Å². The molecule has 17 heavy (non-hydrogen) atoms. The van der Waals surface area contributed by atoms with Crippen LogP contribution in [0.5, 0.6) is 5.75 Å². The van der Waals surface area contributed by atoms with Gasteiger partial charge in [0, 0.05) is 12.1 Å². The zero-order valence-corrected chi connectivity index (χ0v) is 9.98. The Balaban J connectivity index is 2.81. The lowest BCUT2D eigenvalue weighted by molar-refractivity contribution is -0.386. The van der Waals surface area contributed by atoms with Crippen LogP contribution in [0.2, 0.25) is 0 Å². The molecule has 0 saturated heterocycles. The van der Waals surface area contributed by atoms with Gasteiger partial charge in [0.1, 0.15) is 5.82 Å². The van der Waals surface area contributed by atoms with Crippen molar-refractivity contribution in [1.29, 1.82) is 0 Å². The predicted molar refractivity (Wildman–Crippen MR) is 62.6 cm³/mol. The van der Waals surface area contributed by atoms with Crippen LogP contribution in [0.1, 0.15) is 26.7 Å². The number of rotatable bonds is 6. The largest absolute Gasteiger partial charge is 0.486 e. The van der Waals surface area contributed by atoms with Gasteiger partial charge in [-0.05, 0) is 12.0 Å². The second kappa shape index (κ2) is 6.18. The van der Waals surface area contributed by atoms with Gasteiger partial charge in [-0.15, -0.1) is 0 Å². The van der Waals surface area contributed by atoms with Crippen LogP contribution in [0.4, 0.5) is 10.1 Å². The summed E-state index contributed by atoms with van der Waals surface area (Å²) in [6, 6.07) is 3.24. The van der Waals surface area contributed by atoms with Gasteiger partial charge in [0.05, 0.1) is 11.5 Å². The normalized spacial score (nSPS) is 10.6. The van der Waals surface area contributed by atoms with E-state index >= 15 is 0 Å². The Morgan fingerprint density at radius 2 is 2.06 bits per heavy atom. The van der Waals surface area contributed by atoms with Crippen LogP contribution in [0, 0.1) is 21.8 Å². The number of nitrogens with zero attached hydrogens (tertiary/aromatic N) is 1. The molecule has 0 unspecified atom stereocenters. The van der Waals surface area contributed by atoms with Crippen LogP contribution in [-0.2, 0) is 0 Å². The van der Waals surface area contributed by atoms with Crippen molar-refractivity contribution in [2.24, 2.45) is 5.92 Å². The van der Waals surface area contributed by atoms with E-state index in [1.807, 2.05) is 13.8 Å². The van der Waals surface area contributed by atoms with Gasteiger partial charge in [-0.2, -0.15) is 0 Å². The third-order valence-electron chi connectivity index (χ3n) is 2.75. The fraction of sp³-hybridized carbons (Fsp3) is 0.500. The molecule has 0 N–H and O–H groups in total. The van der Waals surface area contributed by atoms with Crippen LogP contribution in [0.15, 0.2) is 18.2 Å². The summed E-state index contributed by atoms with van der Waals surface area (Å²) in [5, 5.41) is 10.7. The van der Waals surface area contributed by atoms with Gasteiger partial charge in [-0.1, -0.05) is 26.7 Å². The minimum Gasteiger partial charge on any atom is -0.486 e. The summed E-state index contributed by atoms with van der Waals surface area (Å²) >= 11 is 0. The molecule has 0 saturated carbocycles. The van der Waals surface area contributed by atoms with Gasteiger partial charge in [-0.25, -0.2) is 4.39 Å². The van der Waals surface area contributed by atoms with Crippen LogP contribution in [0.3, 0.4) is 0 Å². The molecule has 0 fully saturated rings. The smallest absolute Gasteiger partial charge is 0.311 e. The average molecular weight is 241 g/mol. The number of halogens is 1. The van der Waals surface area contributed by atoms with Crippen molar-refractivity contribution < 1.29 is 14.1 Å². The van der Waals surface area contributed by atoms with Crippen molar-refractivity contribution in [3.05, 3.63) is 34.1 Å². The molecule has 1 aromatic carbocycles. The van der Waals surface area contributed by atoms with Gasteiger partial charge in [0.2, 0.25) is 0 Å². The van der Waals surface area contributed by atoms with E-state index in [1.165, 1.54) is 0 Å². The first-order chi connectivity index (χ1) is 8.08. The summed E-state index contributed by atoms with van der Waals surface area (Å²) in [5.41, 5.74) is -0.197. The van der Waals surface area contributed by atoms with Crippen molar-refractivity contribution in [3.63, 3.8) is 0 Å². The zero-order valence-electron chi connectivity index (χ0n) is 9.98. The molecule has 0 aromatic heterocycles. The molecule has 94 valence electrons. The highest BCUT2D eigenvalue weighted by atomic mass is 19.1. The Morgan fingerprint density at radius 3 is 2.59 bits per heavy atom. The monoisotopic (exact) mass is 241 g/mol. The number of nitro benzene ring substituents is 1. The van der Waals surface area contributed by atoms with Crippen molar-refractivity contribution in [3.8, 4) is 5.75 Å². The summed E-state index contributed by atoms with van der Waals surface area (Å²) in [5.74, 6) is -0.199. The first-order valence-corrected chi connectivity index (χ1v) is 5.65. The van der Waals surface area contributed by atoms with Crippen LogP contribution in [0.25, 0.3) is 0 Å². The lowest BCUT2D eigenvalue weighted by Gasteiger charge is -2.13. The quantitative estimate of drug-likeness (QED) is 0.565. The third-order valence-corrected chi connectivity index (χ3v) is 2.75. The van der Waals surface area contributed by atoms with E-state index < -0.39 is 10.7 Å². The van der Waals surface area contributed by atoms with Crippen LogP contribution in [-0.4, -0.2) is 11.5 Å². The number of hydrogen-bond donors (Lipinski definition) is 0. The molecule has 0 aliphatic carbocycles. The van der Waals surface area contributed by atoms with Crippen LogP contribution >= 0.6 is 0 Å². The number of nitro groups is 1. The summed E-state index contributed by atoms with van der Waals surface area (Å²) in [7, 11) is 0. The Morgan fingerprint density at radius 1 is 1.41 bits per heavy atom. The van der Waals surface area contributed by atoms with Crippen molar-refractivity contribution in [1.82, 2.24) is 0 Å². The molecule has 0 amide bonds. The zero-order chi connectivity index (χ0) is 12.8. The maximum atomic E-state index is 13.0. The fourth-order valence-electron chi connectivity index (χ4n) is 1.49.